The molecule has 0 unspecified atom stereocenters. The Labute approximate surface area is 160 Å². The summed E-state index contributed by atoms with van der Waals surface area (Å²) in [4.78, 5) is 20.8. The lowest BCUT2D eigenvalue weighted by molar-refractivity contribution is -0.0548. The van der Waals surface area contributed by atoms with Crippen LogP contribution in [0.25, 0.3) is 0 Å². The van der Waals surface area contributed by atoms with E-state index in [1.54, 1.807) is 0 Å². The zero-order chi connectivity index (χ0) is 23.2. The number of rotatable bonds is 6. The molecule has 2 aromatic rings. The van der Waals surface area contributed by atoms with Crippen LogP contribution in [-0.2, 0) is 0 Å². The largest absolute Gasteiger partial charge is 0.478 e. The Balaban J connectivity index is 0.000000300. The Kier molecular flexibility index (Phi) is 8.37. The normalized spacial score (nSPS) is 10.5. The summed E-state index contributed by atoms with van der Waals surface area (Å²) < 4.78 is 105. The van der Waals surface area contributed by atoms with Crippen LogP contribution in [0.5, 0.6) is 11.5 Å². The van der Waals surface area contributed by atoms with E-state index in [0.29, 0.717) is 18.2 Å². The minimum Gasteiger partial charge on any atom is -0.478 e. The summed E-state index contributed by atoms with van der Waals surface area (Å²) in [5, 5.41) is 16.9. The number of ether oxygens (including phenoxy) is 2. The molecule has 0 radical (unpaired) electrons. The molecule has 0 aromatic heterocycles. The molecule has 0 atom stereocenters. The topological polar surface area (TPSA) is 93.1 Å². The number of carboxylic acid groups (broad SMARTS) is 2. The third-order valence-corrected chi connectivity index (χ3v) is 2.90. The van der Waals surface area contributed by atoms with Crippen molar-refractivity contribution in [2.45, 2.75) is 13.2 Å². The van der Waals surface area contributed by atoms with Crippen molar-refractivity contribution in [1.29, 1.82) is 0 Å². The van der Waals surface area contributed by atoms with E-state index in [1.807, 2.05) is 0 Å². The summed E-state index contributed by atoms with van der Waals surface area (Å²) in [7, 11) is 0. The third-order valence-electron chi connectivity index (χ3n) is 2.90. The molecule has 0 saturated carbocycles. The average molecular weight is 448 g/mol. The molecule has 164 valence electrons. The number of benzene rings is 2. The molecule has 0 spiro atoms. The van der Waals surface area contributed by atoms with Crippen molar-refractivity contribution in [1.82, 2.24) is 0 Å². The predicted octanol–water partition coefficient (Wildman–Crippen LogP) is 4.53. The van der Waals surface area contributed by atoms with Gasteiger partial charge in [-0.05, 0) is 18.2 Å². The van der Waals surface area contributed by atoms with Crippen molar-refractivity contribution in [2.24, 2.45) is 0 Å². The zero-order valence-corrected chi connectivity index (χ0v) is 14.0. The molecule has 0 bridgehead atoms. The highest BCUT2D eigenvalue weighted by molar-refractivity contribution is 5.91. The Morgan fingerprint density at radius 1 is 0.700 bits per heavy atom. The van der Waals surface area contributed by atoms with E-state index < -0.39 is 71.1 Å². The molecule has 0 saturated heterocycles. The molecule has 2 aromatic carbocycles. The second-order valence-corrected chi connectivity index (χ2v) is 4.90. The van der Waals surface area contributed by atoms with Crippen LogP contribution in [-0.4, -0.2) is 35.4 Å². The molecular formula is C16H8F8O6. The Hall–Kier alpha value is -3.58. The van der Waals surface area contributed by atoms with Gasteiger partial charge in [0, 0.05) is 6.07 Å². The number of aromatic carboxylic acids is 2. The maximum Gasteiger partial charge on any atom is 0.387 e. The van der Waals surface area contributed by atoms with Gasteiger partial charge in [-0.2, -0.15) is 17.6 Å². The zero-order valence-electron chi connectivity index (χ0n) is 14.0. The van der Waals surface area contributed by atoms with Gasteiger partial charge in [-0.3, -0.25) is 0 Å². The van der Waals surface area contributed by atoms with Crippen LogP contribution in [0.4, 0.5) is 35.1 Å². The summed E-state index contributed by atoms with van der Waals surface area (Å²) in [6.45, 7) is -6.77. The van der Waals surface area contributed by atoms with Gasteiger partial charge in [0.1, 0.15) is 11.4 Å². The Morgan fingerprint density at radius 2 is 1.13 bits per heavy atom. The standard InChI is InChI=1S/2C8H4F4O3/c9-3-1-4(7(13)14)6(5(10)2-3)15-8(11)12;9-4-1-3(7(13)14)2-5(10)6(4)15-8(11)12/h2*1-2,8H,(H,13,14). The van der Waals surface area contributed by atoms with Gasteiger partial charge in [-0.15, -0.1) is 0 Å². The number of carbonyl (C=O) groups is 2. The summed E-state index contributed by atoms with van der Waals surface area (Å²) in [6, 6.07) is 1.43. The third kappa shape index (κ3) is 6.79. The van der Waals surface area contributed by atoms with Crippen molar-refractivity contribution >= 4 is 11.9 Å². The van der Waals surface area contributed by atoms with Gasteiger partial charge in [0.15, 0.2) is 29.0 Å². The van der Waals surface area contributed by atoms with Gasteiger partial charge >= 0.3 is 25.2 Å². The van der Waals surface area contributed by atoms with Gasteiger partial charge in [0.25, 0.3) is 0 Å². The SMILES string of the molecule is O=C(O)c1cc(F)c(OC(F)F)c(F)c1.O=C(O)c1cc(F)cc(F)c1OC(F)F. The van der Waals surface area contributed by atoms with Crippen LogP contribution < -0.4 is 9.47 Å². The molecule has 0 aliphatic rings. The van der Waals surface area contributed by atoms with E-state index in [0.717, 1.165) is 0 Å². The number of alkyl halides is 4. The lowest BCUT2D eigenvalue weighted by Crippen LogP contribution is -2.10. The molecule has 0 aliphatic carbocycles. The van der Waals surface area contributed by atoms with E-state index in [9.17, 15) is 44.7 Å². The molecule has 0 amide bonds. The van der Waals surface area contributed by atoms with Crippen LogP contribution in [0, 0.1) is 23.3 Å². The smallest absolute Gasteiger partial charge is 0.387 e. The van der Waals surface area contributed by atoms with E-state index in [-0.39, 0.29) is 6.07 Å². The Bertz CT molecular complexity index is 911. The Morgan fingerprint density at radius 3 is 1.53 bits per heavy atom. The van der Waals surface area contributed by atoms with Crippen LogP contribution >= 0.6 is 0 Å². The summed E-state index contributed by atoms with van der Waals surface area (Å²) in [5.74, 6) is -11.5. The number of carboxylic acids is 2. The van der Waals surface area contributed by atoms with E-state index in [4.69, 9.17) is 10.2 Å². The lowest BCUT2D eigenvalue weighted by Gasteiger charge is -2.08. The molecule has 0 aliphatic heterocycles. The second kappa shape index (κ2) is 10.3. The molecular weight excluding hydrogens is 440 g/mol. The highest BCUT2D eigenvalue weighted by Crippen LogP contribution is 2.26. The molecule has 6 nitrogen and oxygen atoms in total. The first kappa shape index (κ1) is 24.5. The first-order valence-electron chi connectivity index (χ1n) is 7.17. The highest BCUT2D eigenvalue weighted by atomic mass is 19.3. The van der Waals surface area contributed by atoms with E-state index in [2.05, 4.69) is 9.47 Å². The van der Waals surface area contributed by atoms with Crippen LogP contribution in [0.2, 0.25) is 0 Å². The van der Waals surface area contributed by atoms with Crippen LogP contribution in [0.3, 0.4) is 0 Å². The van der Waals surface area contributed by atoms with Gasteiger partial charge < -0.3 is 19.7 Å². The van der Waals surface area contributed by atoms with Crippen LogP contribution in [0.1, 0.15) is 20.7 Å². The van der Waals surface area contributed by atoms with E-state index in [1.165, 1.54) is 0 Å². The van der Waals surface area contributed by atoms with Crippen molar-refractivity contribution in [3.8, 4) is 11.5 Å². The summed E-state index contributed by atoms with van der Waals surface area (Å²) in [6.07, 6.45) is 0. The fourth-order valence-corrected chi connectivity index (χ4v) is 1.81. The van der Waals surface area contributed by atoms with Crippen molar-refractivity contribution < 1.29 is 64.4 Å². The average Bonchev–Trinajstić information content (AvgIpc) is 2.59. The van der Waals surface area contributed by atoms with Crippen molar-refractivity contribution in [3.63, 3.8) is 0 Å². The predicted molar refractivity (Wildman–Crippen MR) is 79.9 cm³/mol. The van der Waals surface area contributed by atoms with Gasteiger partial charge in [-0.1, -0.05) is 0 Å². The van der Waals surface area contributed by atoms with Crippen molar-refractivity contribution in [3.05, 3.63) is 58.7 Å². The first-order chi connectivity index (χ1) is 13.8. The van der Waals surface area contributed by atoms with Crippen molar-refractivity contribution in [2.75, 3.05) is 0 Å². The number of hydrogen-bond donors (Lipinski definition) is 2. The molecule has 30 heavy (non-hydrogen) atoms. The van der Waals surface area contributed by atoms with E-state index >= 15 is 0 Å². The maximum absolute atomic E-state index is 12.9. The maximum atomic E-state index is 12.9. The quantitative estimate of drug-likeness (QED) is 0.631. The summed E-state index contributed by atoms with van der Waals surface area (Å²) in [5.41, 5.74) is -1.68. The van der Waals surface area contributed by atoms with Gasteiger partial charge in [0.2, 0.25) is 0 Å². The molecule has 2 N–H and O–H groups in total. The second-order valence-electron chi connectivity index (χ2n) is 4.90. The summed E-state index contributed by atoms with van der Waals surface area (Å²) >= 11 is 0. The fraction of sp³-hybridized carbons (Fsp3) is 0.125. The molecule has 2 rings (SSSR count). The minimum absolute atomic E-state index is 0.254. The highest BCUT2D eigenvalue weighted by Gasteiger charge is 2.21. The van der Waals surface area contributed by atoms with Gasteiger partial charge in [0.05, 0.1) is 5.56 Å². The number of halogens is 8. The monoisotopic (exact) mass is 448 g/mol. The minimum atomic E-state index is -3.39. The molecule has 0 fully saturated rings. The first-order valence-corrected chi connectivity index (χ1v) is 7.17. The lowest BCUT2D eigenvalue weighted by atomic mass is 10.2. The number of hydrogen-bond acceptors (Lipinski definition) is 4. The van der Waals surface area contributed by atoms with Gasteiger partial charge in [-0.25, -0.2) is 27.2 Å². The van der Waals surface area contributed by atoms with Crippen LogP contribution in [0.15, 0.2) is 24.3 Å². The molecule has 0 heterocycles. The fourth-order valence-electron chi connectivity index (χ4n) is 1.81. The molecule has 14 heteroatoms.